The molecule has 5 atom stereocenters. The Labute approximate surface area is 65.3 Å². The van der Waals surface area contributed by atoms with Gasteiger partial charge in [0.25, 0.3) is 0 Å². The average molecular weight is 162 g/mol. The molecule has 0 spiro atoms. The van der Waals surface area contributed by atoms with Crippen molar-refractivity contribution in [2.75, 3.05) is 6.61 Å². The number of hydrogen-bond acceptors (Lipinski definition) is 3. The van der Waals surface area contributed by atoms with Gasteiger partial charge in [-0.05, 0) is 0 Å². The van der Waals surface area contributed by atoms with Crippen LogP contribution in [0.15, 0.2) is 0 Å². The summed E-state index contributed by atoms with van der Waals surface area (Å²) in [6, 6.07) is -1.06. The summed E-state index contributed by atoms with van der Waals surface area (Å²) in [5.41, 5.74) is 0. The van der Waals surface area contributed by atoms with Crippen LogP contribution in [0.25, 0.3) is 0 Å². The van der Waals surface area contributed by atoms with Crippen LogP contribution in [-0.2, 0) is 0 Å². The quantitative estimate of drug-likeness (QED) is 0.415. The first-order valence-corrected chi connectivity index (χ1v) is 3.70. The molecule has 0 saturated heterocycles. The number of halogens is 1. The Morgan fingerprint density at radius 1 is 1.55 bits per heavy atom. The highest BCUT2D eigenvalue weighted by atomic mass is 19.1. The van der Waals surface area contributed by atoms with Gasteiger partial charge in [0.1, 0.15) is 14.0 Å². The van der Waals surface area contributed by atoms with E-state index in [1.54, 1.807) is 0 Å². The van der Waals surface area contributed by atoms with Gasteiger partial charge in [-0.3, -0.25) is 0 Å². The molecule has 1 aliphatic carbocycles. The van der Waals surface area contributed by atoms with Gasteiger partial charge >= 0.3 is 0 Å². The van der Waals surface area contributed by atoms with E-state index >= 15 is 0 Å². The first kappa shape index (κ1) is 8.97. The molecule has 0 bridgehead atoms. The second-order valence-corrected chi connectivity index (χ2v) is 3.10. The van der Waals surface area contributed by atoms with Gasteiger partial charge in [0, 0.05) is 18.4 Å². The summed E-state index contributed by atoms with van der Waals surface area (Å²) in [6.07, 6.45) is -2.19. The largest absolute Gasteiger partial charge is 0.399 e. The van der Waals surface area contributed by atoms with E-state index in [0.717, 1.165) is 0 Å². The number of rotatable bonds is 3. The Morgan fingerprint density at radius 2 is 2.09 bits per heavy atom. The predicted octanol–water partition coefficient (Wildman–Crippen LogP) is -2.12. The molecule has 0 aliphatic heterocycles. The molecule has 1 aliphatic rings. The second kappa shape index (κ2) is 3.09. The van der Waals surface area contributed by atoms with Gasteiger partial charge in [-0.25, -0.2) is 4.39 Å². The molecule has 0 aromatic carbocycles. The van der Waals surface area contributed by atoms with Crippen molar-refractivity contribution >= 4 is 7.85 Å². The van der Waals surface area contributed by atoms with Crippen LogP contribution in [0, 0.1) is 11.8 Å². The zero-order valence-corrected chi connectivity index (χ0v) is 6.31. The van der Waals surface area contributed by atoms with Gasteiger partial charge in [0.05, 0.1) is 12.1 Å². The molecule has 3 nitrogen and oxygen atoms in total. The fraction of sp³-hybridized carbons (Fsp3) is 1.00. The van der Waals surface area contributed by atoms with Crippen LogP contribution < -0.4 is 0 Å². The molecule has 1 fully saturated rings. The summed E-state index contributed by atoms with van der Waals surface area (Å²) < 4.78 is 12.9. The Bertz CT molecular complexity index is 144. The van der Waals surface area contributed by atoms with E-state index in [0.29, 0.717) is 0 Å². The maximum Gasteiger partial charge on any atom is 0.142 e. The minimum Gasteiger partial charge on any atom is -0.399 e. The van der Waals surface area contributed by atoms with Gasteiger partial charge in [0.15, 0.2) is 0 Å². The summed E-state index contributed by atoms with van der Waals surface area (Å²) in [5.74, 6) is -0.945. The molecule has 0 radical (unpaired) electrons. The lowest BCUT2D eigenvalue weighted by atomic mass is 9.92. The molecule has 1 rings (SSSR count). The first-order chi connectivity index (χ1) is 5.09. The molecule has 0 amide bonds. The van der Waals surface area contributed by atoms with Crippen LogP contribution in [0.2, 0.25) is 0 Å². The fourth-order valence-corrected chi connectivity index (χ4v) is 1.36. The summed E-state index contributed by atoms with van der Waals surface area (Å²) >= 11 is 0. The maximum absolute atomic E-state index is 12.9. The van der Waals surface area contributed by atoms with Crippen molar-refractivity contribution in [3.63, 3.8) is 0 Å². The highest BCUT2D eigenvalue weighted by Crippen LogP contribution is 2.43. The average Bonchev–Trinajstić information content (AvgIpc) is 2.59. The normalized spacial score (nSPS) is 41.6. The molecular weight excluding hydrogens is 150 g/mol. The third kappa shape index (κ3) is 1.55. The monoisotopic (exact) mass is 162 g/mol. The van der Waals surface area contributed by atoms with Gasteiger partial charge in [-0.1, -0.05) is 0 Å². The topological polar surface area (TPSA) is 60.7 Å². The minimum atomic E-state index is -1.41. The molecule has 11 heavy (non-hydrogen) atoms. The minimum absolute atomic E-state index is 0.209. The summed E-state index contributed by atoms with van der Waals surface area (Å²) in [5, 5.41) is 26.4. The van der Waals surface area contributed by atoms with Crippen molar-refractivity contribution in [1.29, 1.82) is 0 Å². The summed E-state index contributed by atoms with van der Waals surface area (Å²) in [7, 11) is 1.34. The number of aliphatic hydroxyl groups is 3. The molecule has 4 unspecified atom stereocenters. The van der Waals surface area contributed by atoms with Crippen LogP contribution in [-0.4, -0.2) is 48.1 Å². The van der Waals surface area contributed by atoms with Crippen LogP contribution >= 0.6 is 0 Å². The molecule has 5 heteroatoms. The lowest BCUT2D eigenvalue weighted by Crippen LogP contribution is -2.25. The summed E-state index contributed by atoms with van der Waals surface area (Å²) in [6.45, 7) is -0.209. The molecule has 0 aromatic rings. The van der Waals surface area contributed by atoms with Crippen molar-refractivity contribution in [3.8, 4) is 0 Å². The SMILES string of the molecule is B[C@H](O)C(F)C1C(O)C1CO. The Morgan fingerprint density at radius 3 is 2.36 bits per heavy atom. The van der Waals surface area contributed by atoms with Crippen molar-refractivity contribution in [2.24, 2.45) is 11.8 Å². The second-order valence-electron chi connectivity index (χ2n) is 3.10. The van der Waals surface area contributed by atoms with Gasteiger partial charge < -0.3 is 15.3 Å². The third-order valence-corrected chi connectivity index (χ3v) is 2.23. The number of alkyl halides is 1. The van der Waals surface area contributed by atoms with E-state index in [-0.39, 0.29) is 12.5 Å². The lowest BCUT2D eigenvalue weighted by Gasteiger charge is -2.09. The van der Waals surface area contributed by atoms with E-state index in [1.165, 1.54) is 7.85 Å². The predicted molar refractivity (Wildman–Crippen MR) is 39.5 cm³/mol. The van der Waals surface area contributed by atoms with Crippen LogP contribution in [0.5, 0.6) is 0 Å². The first-order valence-electron chi connectivity index (χ1n) is 3.70. The Kier molecular flexibility index (Phi) is 2.52. The van der Waals surface area contributed by atoms with Crippen LogP contribution in [0.3, 0.4) is 0 Å². The Hall–Kier alpha value is -0.125. The van der Waals surface area contributed by atoms with E-state index in [1.807, 2.05) is 0 Å². The van der Waals surface area contributed by atoms with E-state index in [4.69, 9.17) is 15.3 Å². The van der Waals surface area contributed by atoms with Crippen molar-refractivity contribution in [2.45, 2.75) is 18.3 Å². The van der Waals surface area contributed by atoms with Crippen molar-refractivity contribution in [1.82, 2.24) is 0 Å². The zero-order chi connectivity index (χ0) is 8.59. The lowest BCUT2D eigenvalue weighted by molar-refractivity contribution is 0.106. The molecule has 1 saturated carbocycles. The Balaban J connectivity index is 2.39. The van der Waals surface area contributed by atoms with Crippen LogP contribution in [0.4, 0.5) is 4.39 Å². The van der Waals surface area contributed by atoms with E-state index in [9.17, 15) is 4.39 Å². The highest BCUT2D eigenvalue weighted by Gasteiger charge is 2.54. The smallest absolute Gasteiger partial charge is 0.142 e. The van der Waals surface area contributed by atoms with Crippen molar-refractivity contribution < 1.29 is 19.7 Å². The van der Waals surface area contributed by atoms with Crippen LogP contribution in [0.1, 0.15) is 0 Å². The zero-order valence-electron chi connectivity index (χ0n) is 6.31. The van der Waals surface area contributed by atoms with Gasteiger partial charge in [-0.2, -0.15) is 0 Å². The maximum atomic E-state index is 12.9. The van der Waals surface area contributed by atoms with E-state index in [2.05, 4.69) is 0 Å². The molecule has 0 aromatic heterocycles. The fourth-order valence-electron chi connectivity index (χ4n) is 1.36. The molecule has 3 N–H and O–H groups in total. The molecule has 0 heterocycles. The number of aliphatic hydroxyl groups excluding tert-OH is 3. The van der Waals surface area contributed by atoms with E-state index < -0.39 is 24.2 Å². The third-order valence-electron chi connectivity index (χ3n) is 2.23. The molecular formula is C6H12BFO3. The molecule has 64 valence electrons. The van der Waals surface area contributed by atoms with Crippen molar-refractivity contribution in [3.05, 3.63) is 0 Å². The van der Waals surface area contributed by atoms with Gasteiger partial charge in [0.2, 0.25) is 0 Å². The standard InChI is InChI=1S/C6H12BFO3/c7-6(11)4(8)3-2(1-9)5(3)10/h2-6,9-11H,1,7H2/t2?,3?,4?,5?,6-/m1/s1. The van der Waals surface area contributed by atoms with Gasteiger partial charge in [-0.15, -0.1) is 0 Å². The highest BCUT2D eigenvalue weighted by molar-refractivity contribution is 6.11. The number of hydrogen-bond donors (Lipinski definition) is 3. The summed E-state index contributed by atoms with van der Waals surface area (Å²) in [4.78, 5) is 0.